The molecule has 1 aromatic carbocycles. The van der Waals surface area contributed by atoms with Crippen molar-refractivity contribution in [1.29, 1.82) is 0 Å². The van der Waals surface area contributed by atoms with Gasteiger partial charge in [0.2, 0.25) is 0 Å². The lowest BCUT2D eigenvalue weighted by Gasteiger charge is -2.11. The van der Waals surface area contributed by atoms with E-state index in [1.165, 1.54) is 11.8 Å². The summed E-state index contributed by atoms with van der Waals surface area (Å²) in [7, 11) is 0. The van der Waals surface area contributed by atoms with E-state index in [1.54, 1.807) is 13.1 Å². The summed E-state index contributed by atoms with van der Waals surface area (Å²) < 4.78 is 11.1. The molecule has 0 saturated carbocycles. The number of aryl methyl sites for hydroxylation is 2. The van der Waals surface area contributed by atoms with Gasteiger partial charge >= 0.3 is 0 Å². The molecule has 2 aromatic rings. The topological polar surface area (TPSA) is 85.7 Å². The van der Waals surface area contributed by atoms with E-state index in [-0.39, 0.29) is 11.2 Å². The maximum absolute atomic E-state index is 12.3. The Balaban J connectivity index is 1.97. The van der Waals surface area contributed by atoms with Gasteiger partial charge in [-0.1, -0.05) is 11.8 Å². The average Bonchev–Trinajstić information content (AvgIpc) is 2.63. The van der Waals surface area contributed by atoms with Gasteiger partial charge in [0.1, 0.15) is 0 Å². The summed E-state index contributed by atoms with van der Waals surface area (Å²) in [6.07, 6.45) is 1.57. The third-order valence-electron chi connectivity index (χ3n) is 3.57. The number of carbonyl (C=O) groups excluding carboxylic acids is 1. The zero-order valence-electron chi connectivity index (χ0n) is 16.9. The molecule has 0 aliphatic carbocycles. The van der Waals surface area contributed by atoms with E-state index in [1.807, 2.05) is 52.0 Å². The maximum atomic E-state index is 12.3. The van der Waals surface area contributed by atoms with Gasteiger partial charge in [-0.15, -0.1) is 0 Å². The monoisotopic (exact) mass is 402 g/mol. The molecule has 0 saturated heterocycles. The summed E-state index contributed by atoms with van der Waals surface area (Å²) >= 11 is 1.30. The second-order valence-corrected chi connectivity index (χ2v) is 7.31. The second-order valence-electron chi connectivity index (χ2n) is 6.00. The Bertz CT molecular complexity index is 822. The minimum absolute atomic E-state index is 0.222. The number of benzene rings is 1. The van der Waals surface area contributed by atoms with Crippen LogP contribution in [0.25, 0.3) is 0 Å². The van der Waals surface area contributed by atoms with Gasteiger partial charge in [0.15, 0.2) is 16.7 Å². The van der Waals surface area contributed by atoms with Crippen molar-refractivity contribution in [3.63, 3.8) is 0 Å². The van der Waals surface area contributed by atoms with Crippen LogP contribution in [-0.4, -0.2) is 40.6 Å². The minimum Gasteiger partial charge on any atom is -0.490 e. The van der Waals surface area contributed by atoms with Gasteiger partial charge < -0.3 is 9.47 Å². The molecule has 150 valence electrons. The zero-order chi connectivity index (χ0) is 20.5. The van der Waals surface area contributed by atoms with Gasteiger partial charge in [-0.05, 0) is 64.4 Å². The van der Waals surface area contributed by atoms with E-state index in [0.29, 0.717) is 29.9 Å². The second kappa shape index (κ2) is 10.7. The SMILES string of the molecule is CCOc1ccc(C=NNC(=O)C(C)Sc2nc(C)cc(C)n2)cc1OCC. The molecule has 2 rings (SSSR count). The summed E-state index contributed by atoms with van der Waals surface area (Å²) in [6.45, 7) is 10.5. The summed E-state index contributed by atoms with van der Waals surface area (Å²) in [5.74, 6) is 1.11. The summed E-state index contributed by atoms with van der Waals surface area (Å²) in [5.41, 5.74) is 5.10. The standard InChI is InChI=1S/C20H26N4O3S/c1-6-26-17-9-8-16(11-18(17)27-7-2)12-21-24-19(25)15(5)28-20-22-13(3)10-14(4)23-20/h8-12,15H,6-7H2,1-5H3,(H,24,25). The average molecular weight is 403 g/mol. The fourth-order valence-corrected chi connectivity index (χ4v) is 3.24. The van der Waals surface area contributed by atoms with Crippen LogP contribution in [0.15, 0.2) is 34.5 Å². The fourth-order valence-electron chi connectivity index (χ4n) is 2.37. The Morgan fingerprint density at radius 1 is 1.14 bits per heavy atom. The van der Waals surface area contributed by atoms with Crippen LogP contribution < -0.4 is 14.9 Å². The molecule has 1 amide bonds. The molecule has 28 heavy (non-hydrogen) atoms. The van der Waals surface area contributed by atoms with Crippen molar-refractivity contribution < 1.29 is 14.3 Å². The van der Waals surface area contributed by atoms with Crippen molar-refractivity contribution in [1.82, 2.24) is 15.4 Å². The lowest BCUT2D eigenvalue weighted by atomic mass is 10.2. The molecule has 1 atom stereocenters. The number of thioether (sulfide) groups is 1. The number of aromatic nitrogens is 2. The predicted molar refractivity (Wildman–Crippen MR) is 111 cm³/mol. The van der Waals surface area contributed by atoms with Crippen molar-refractivity contribution in [3.05, 3.63) is 41.2 Å². The van der Waals surface area contributed by atoms with Crippen molar-refractivity contribution in [2.24, 2.45) is 5.10 Å². The van der Waals surface area contributed by atoms with E-state index in [0.717, 1.165) is 17.0 Å². The number of ether oxygens (including phenoxy) is 2. The first-order chi connectivity index (χ1) is 13.4. The van der Waals surface area contributed by atoms with Gasteiger partial charge in [0.05, 0.1) is 24.7 Å². The smallest absolute Gasteiger partial charge is 0.253 e. The summed E-state index contributed by atoms with van der Waals surface area (Å²) in [4.78, 5) is 21.0. The number of hydrogen-bond donors (Lipinski definition) is 1. The van der Waals surface area contributed by atoms with Crippen molar-refractivity contribution in [2.45, 2.75) is 45.0 Å². The molecule has 0 spiro atoms. The highest BCUT2D eigenvalue weighted by Crippen LogP contribution is 2.28. The van der Waals surface area contributed by atoms with E-state index >= 15 is 0 Å². The Morgan fingerprint density at radius 2 is 1.79 bits per heavy atom. The lowest BCUT2D eigenvalue weighted by molar-refractivity contribution is -0.120. The van der Waals surface area contributed by atoms with Crippen LogP contribution in [0.2, 0.25) is 0 Å². The lowest BCUT2D eigenvalue weighted by Crippen LogP contribution is -2.27. The van der Waals surface area contributed by atoms with E-state index in [4.69, 9.17) is 9.47 Å². The molecule has 1 heterocycles. The number of nitrogens with one attached hydrogen (secondary N) is 1. The number of amides is 1. The van der Waals surface area contributed by atoms with Gasteiger partial charge in [0.25, 0.3) is 5.91 Å². The van der Waals surface area contributed by atoms with Gasteiger partial charge in [0, 0.05) is 11.4 Å². The largest absolute Gasteiger partial charge is 0.490 e. The van der Waals surface area contributed by atoms with Crippen LogP contribution in [0.1, 0.15) is 37.7 Å². The van der Waals surface area contributed by atoms with Gasteiger partial charge in [-0.2, -0.15) is 5.10 Å². The van der Waals surface area contributed by atoms with Crippen molar-refractivity contribution in [2.75, 3.05) is 13.2 Å². The van der Waals surface area contributed by atoms with Crippen molar-refractivity contribution >= 4 is 23.9 Å². The summed E-state index contributed by atoms with van der Waals surface area (Å²) in [6, 6.07) is 7.40. The predicted octanol–water partition coefficient (Wildman–Crippen LogP) is 3.52. The van der Waals surface area contributed by atoms with Crippen LogP contribution in [0.3, 0.4) is 0 Å². The van der Waals surface area contributed by atoms with Crippen LogP contribution >= 0.6 is 11.8 Å². The van der Waals surface area contributed by atoms with Gasteiger partial charge in [-0.25, -0.2) is 15.4 Å². The highest BCUT2D eigenvalue weighted by molar-refractivity contribution is 8.00. The van der Waals surface area contributed by atoms with E-state index in [9.17, 15) is 4.79 Å². The third kappa shape index (κ3) is 6.53. The molecule has 0 aliphatic rings. The molecule has 0 aliphatic heterocycles. The number of hydrogen-bond acceptors (Lipinski definition) is 7. The quantitative estimate of drug-likeness (QED) is 0.299. The Kier molecular flexibility index (Phi) is 8.25. The summed E-state index contributed by atoms with van der Waals surface area (Å²) in [5, 5.41) is 4.24. The molecule has 7 nitrogen and oxygen atoms in total. The maximum Gasteiger partial charge on any atom is 0.253 e. The first-order valence-electron chi connectivity index (χ1n) is 9.14. The van der Waals surface area contributed by atoms with Crippen LogP contribution in [0.5, 0.6) is 11.5 Å². The van der Waals surface area contributed by atoms with E-state index in [2.05, 4.69) is 20.5 Å². The number of rotatable bonds is 9. The third-order valence-corrected chi connectivity index (χ3v) is 4.53. The van der Waals surface area contributed by atoms with Crippen LogP contribution in [0.4, 0.5) is 0 Å². The number of nitrogens with zero attached hydrogens (tertiary/aromatic N) is 3. The number of carbonyl (C=O) groups is 1. The van der Waals surface area contributed by atoms with E-state index < -0.39 is 0 Å². The molecule has 1 unspecified atom stereocenters. The van der Waals surface area contributed by atoms with Crippen LogP contribution in [0, 0.1) is 13.8 Å². The normalized spacial score (nSPS) is 12.0. The molecule has 0 bridgehead atoms. The molecule has 1 aromatic heterocycles. The van der Waals surface area contributed by atoms with Crippen LogP contribution in [-0.2, 0) is 4.79 Å². The minimum atomic E-state index is -0.377. The molecular formula is C20H26N4O3S. The molecule has 0 radical (unpaired) electrons. The first kappa shape index (κ1) is 21.7. The molecule has 1 N–H and O–H groups in total. The van der Waals surface area contributed by atoms with Gasteiger partial charge in [-0.3, -0.25) is 4.79 Å². The Morgan fingerprint density at radius 3 is 2.43 bits per heavy atom. The molecule has 8 heteroatoms. The Labute approximate surface area is 170 Å². The highest BCUT2D eigenvalue weighted by Gasteiger charge is 2.16. The molecule has 0 fully saturated rings. The highest BCUT2D eigenvalue weighted by atomic mass is 32.2. The first-order valence-corrected chi connectivity index (χ1v) is 10.0. The fraction of sp³-hybridized carbons (Fsp3) is 0.400. The Hall–Kier alpha value is -2.61. The molecular weight excluding hydrogens is 376 g/mol. The van der Waals surface area contributed by atoms with Crippen molar-refractivity contribution in [3.8, 4) is 11.5 Å². The zero-order valence-corrected chi connectivity index (χ0v) is 17.7. The number of hydrazone groups is 1.